The van der Waals surface area contributed by atoms with Crippen molar-refractivity contribution in [1.29, 1.82) is 0 Å². The summed E-state index contributed by atoms with van der Waals surface area (Å²) in [7, 11) is 0. The van der Waals surface area contributed by atoms with Crippen molar-refractivity contribution in [3.63, 3.8) is 0 Å². The van der Waals surface area contributed by atoms with E-state index >= 15 is 0 Å². The number of benzene rings is 1. The molecule has 0 radical (unpaired) electrons. The number of hydrogen-bond acceptors (Lipinski definition) is 4. The fraction of sp³-hybridized carbons (Fsp3) is 0.600. The first kappa shape index (κ1) is 21.8. The van der Waals surface area contributed by atoms with Crippen molar-refractivity contribution < 1.29 is 14.3 Å². The van der Waals surface area contributed by atoms with E-state index in [4.69, 9.17) is 4.74 Å². The lowest BCUT2D eigenvalue weighted by atomic mass is 10.1. The minimum absolute atomic E-state index is 0.230. The predicted octanol–water partition coefficient (Wildman–Crippen LogP) is 3.32. The zero-order valence-corrected chi connectivity index (χ0v) is 16.9. The number of anilines is 1. The second kappa shape index (κ2) is 9.46. The quantitative estimate of drug-likeness (QED) is 0.695. The topological polar surface area (TPSA) is 70.7 Å². The van der Waals surface area contributed by atoms with E-state index in [1.54, 1.807) is 34.6 Å². The van der Waals surface area contributed by atoms with Crippen LogP contribution in [0.15, 0.2) is 30.3 Å². The monoisotopic (exact) mass is 363 g/mol. The van der Waals surface area contributed by atoms with Gasteiger partial charge in [-0.15, -0.1) is 0 Å². The highest BCUT2D eigenvalue weighted by atomic mass is 16.6. The van der Waals surface area contributed by atoms with Crippen molar-refractivity contribution >= 4 is 17.7 Å². The second-order valence-corrected chi connectivity index (χ2v) is 7.78. The Hall–Kier alpha value is -2.24. The summed E-state index contributed by atoms with van der Waals surface area (Å²) in [4.78, 5) is 26.5. The van der Waals surface area contributed by atoms with Gasteiger partial charge < -0.3 is 20.3 Å². The SMILES string of the molecule is CCN(CCCNC(=O)C(C)(C)NC(=O)OC(C)(C)C)c1ccccc1. The van der Waals surface area contributed by atoms with Crippen molar-refractivity contribution in [2.75, 3.05) is 24.5 Å². The first-order chi connectivity index (χ1) is 12.0. The van der Waals surface area contributed by atoms with Gasteiger partial charge in [0.1, 0.15) is 11.1 Å². The van der Waals surface area contributed by atoms with Gasteiger partial charge in [0, 0.05) is 25.3 Å². The molecule has 0 atom stereocenters. The average Bonchev–Trinajstić information content (AvgIpc) is 2.53. The number of alkyl carbamates (subject to hydrolysis) is 1. The van der Waals surface area contributed by atoms with Crippen LogP contribution in [0.25, 0.3) is 0 Å². The molecule has 26 heavy (non-hydrogen) atoms. The van der Waals surface area contributed by atoms with Crippen LogP contribution in [0, 0.1) is 0 Å². The number of nitrogens with zero attached hydrogens (tertiary/aromatic N) is 1. The van der Waals surface area contributed by atoms with Gasteiger partial charge >= 0.3 is 6.09 Å². The van der Waals surface area contributed by atoms with Gasteiger partial charge in [-0.25, -0.2) is 4.79 Å². The highest BCUT2D eigenvalue weighted by Gasteiger charge is 2.31. The van der Waals surface area contributed by atoms with Gasteiger partial charge in [-0.05, 0) is 60.1 Å². The number of hydrogen-bond donors (Lipinski definition) is 2. The minimum atomic E-state index is -1.04. The standard InChI is InChI=1S/C20H33N3O3/c1-7-23(16-12-9-8-10-13-16)15-11-14-21-17(24)20(5,6)22-18(25)26-19(2,3)4/h8-10,12-13H,7,11,14-15H2,1-6H3,(H,21,24)(H,22,25). The van der Waals surface area contributed by atoms with Crippen molar-refractivity contribution in [2.45, 2.75) is 59.1 Å². The van der Waals surface area contributed by atoms with Gasteiger partial charge in [-0.1, -0.05) is 18.2 Å². The summed E-state index contributed by atoms with van der Waals surface area (Å²) in [5, 5.41) is 5.50. The van der Waals surface area contributed by atoms with Gasteiger partial charge in [0.2, 0.25) is 5.91 Å². The Bertz CT molecular complexity index is 580. The minimum Gasteiger partial charge on any atom is -0.444 e. The largest absolute Gasteiger partial charge is 0.444 e. The van der Waals surface area contributed by atoms with Gasteiger partial charge in [-0.2, -0.15) is 0 Å². The number of ether oxygens (including phenoxy) is 1. The molecule has 0 aliphatic carbocycles. The van der Waals surface area contributed by atoms with Gasteiger partial charge in [0.05, 0.1) is 0 Å². The molecule has 0 saturated carbocycles. The fourth-order valence-corrected chi connectivity index (χ4v) is 2.42. The zero-order valence-electron chi connectivity index (χ0n) is 16.9. The van der Waals surface area contributed by atoms with E-state index in [9.17, 15) is 9.59 Å². The lowest BCUT2D eigenvalue weighted by molar-refractivity contribution is -0.126. The summed E-state index contributed by atoms with van der Waals surface area (Å²) in [6.07, 6.45) is 0.218. The molecular weight excluding hydrogens is 330 g/mol. The number of rotatable bonds is 8. The lowest BCUT2D eigenvalue weighted by Crippen LogP contribution is -2.55. The Morgan fingerprint density at radius 3 is 2.23 bits per heavy atom. The molecule has 1 aromatic rings. The van der Waals surface area contributed by atoms with Crippen LogP contribution in [0.3, 0.4) is 0 Å². The molecule has 146 valence electrons. The second-order valence-electron chi connectivity index (χ2n) is 7.78. The van der Waals surface area contributed by atoms with Crippen LogP contribution in [-0.2, 0) is 9.53 Å². The molecule has 1 aromatic carbocycles. The Morgan fingerprint density at radius 2 is 1.69 bits per heavy atom. The van der Waals surface area contributed by atoms with Gasteiger partial charge in [-0.3, -0.25) is 4.79 Å². The number of carbonyl (C=O) groups is 2. The number of nitrogens with one attached hydrogen (secondary N) is 2. The van der Waals surface area contributed by atoms with Crippen molar-refractivity contribution in [1.82, 2.24) is 10.6 Å². The molecule has 0 spiro atoms. The van der Waals surface area contributed by atoms with E-state index < -0.39 is 17.2 Å². The molecule has 0 aliphatic rings. The molecular formula is C20H33N3O3. The molecule has 0 bridgehead atoms. The van der Waals surface area contributed by atoms with Crippen LogP contribution in [0.2, 0.25) is 0 Å². The van der Waals surface area contributed by atoms with E-state index in [-0.39, 0.29) is 5.91 Å². The summed E-state index contributed by atoms with van der Waals surface area (Å²) < 4.78 is 5.21. The molecule has 6 nitrogen and oxygen atoms in total. The molecule has 0 aromatic heterocycles. The third kappa shape index (κ3) is 7.76. The fourth-order valence-electron chi connectivity index (χ4n) is 2.42. The molecule has 0 unspecified atom stereocenters. The van der Waals surface area contributed by atoms with E-state index in [0.29, 0.717) is 6.54 Å². The summed E-state index contributed by atoms with van der Waals surface area (Å²) in [6.45, 7) is 13.1. The normalized spacial score (nSPS) is 11.6. The third-order valence-corrected chi connectivity index (χ3v) is 3.77. The summed E-state index contributed by atoms with van der Waals surface area (Å²) in [6, 6.07) is 10.2. The molecule has 2 N–H and O–H groups in total. The molecule has 1 rings (SSSR count). The van der Waals surface area contributed by atoms with Crippen LogP contribution in [-0.4, -0.2) is 42.8 Å². The maximum Gasteiger partial charge on any atom is 0.408 e. The molecule has 0 fully saturated rings. The zero-order chi connectivity index (χ0) is 19.8. The van der Waals surface area contributed by atoms with Gasteiger partial charge in [0.25, 0.3) is 0 Å². The van der Waals surface area contributed by atoms with E-state index in [2.05, 4.69) is 34.6 Å². The Labute approximate surface area is 157 Å². The molecule has 6 heteroatoms. The lowest BCUT2D eigenvalue weighted by Gasteiger charge is -2.28. The Kier molecular flexibility index (Phi) is 7.93. The first-order valence-corrected chi connectivity index (χ1v) is 9.14. The number of carbonyl (C=O) groups excluding carboxylic acids is 2. The van der Waals surface area contributed by atoms with E-state index in [0.717, 1.165) is 19.5 Å². The van der Waals surface area contributed by atoms with Crippen LogP contribution in [0.1, 0.15) is 48.0 Å². The molecule has 0 aliphatic heterocycles. The van der Waals surface area contributed by atoms with Crippen LogP contribution in [0.4, 0.5) is 10.5 Å². The third-order valence-electron chi connectivity index (χ3n) is 3.77. The maximum atomic E-state index is 12.4. The Balaban J connectivity index is 2.41. The highest BCUT2D eigenvalue weighted by Crippen LogP contribution is 2.13. The first-order valence-electron chi connectivity index (χ1n) is 9.14. The average molecular weight is 364 g/mol. The summed E-state index contributed by atoms with van der Waals surface area (Å²) >= 11 is 0. The van der Waals surface area contributed by atoms with Crippen molar-refractivity contribution in [2.24, 2.45) is 0 Å². The van der Waals surface area contributed by atoms with Crippen molar-refractivity contribution in [3.8, 4) is 0 Å². The summed E-state index contributed by atoms with van der Waals surface area (Å²) in [5.74, 6) is -0.230. The van der Waals surface area contributed by atoms with Gasteiger partial charge in [0.15, 0.2) is 0 Å². The number of para-hydroxylation sites is 1. The van der Waals surface area contributed by atoms with Crippen LogP contribution >= 0.6 is 0 Å². The van der Waals surface area contributed by atoms with E-state index in [1.165, 1.54) is 5.69 Å². The molecule has 0 saturated heterocycles. The van der Waals surface area contributed by atoms with Crippen molar-refractivity contribution in [3.05, 3.63) is 30.3 Å². The molecule has 2 amide bonds. The highest BCUT2D eigenvalue weighted by molar-refractivity contribution is 5.89. The number of amides is 2. The van der Waals surface area contributed by atoms with Crippen LogP contribution < -0.4 is 15.5 Å². The maximum absolute atomic E-state index is 12.4. The smallest absolute Gasteiger partial charge is 0.408 e. The van der Waals surface area contributed by atoms with Crippen LogP contribution in [0.5, 0.6) is 0 Å². The van der Waals surface area contributed by atoms with E-state index in [1.807, 2.05) is 18.2 Å². The molecule has 0 heterocycles. The predicted molar refractivity (Wildman–Crippen MR) is 105 cm³/mol. The summed E-state index contributed by atoms with van der Waals surface area (Å²) in [5.41, 5.74) is -0.461. The Morgan fingerprint density at radius 1 is 1.08 bits per heavy atom.